The van der Waals surface area contributed by atoms with Crippen molar-refractivity contribution in [3.8, 4) is 0 Å². The number of halogens is 2. The molecule has 0 aromatic heterocycles. The second-order valence-corrected chi connectivity index (χ2v) is 4.38. The molecule has 2 amide bonds. The first-order chi connectivity index (χ1) is 9.56. The minimum atomic E-state index is -0.879. The SMILES string of the molecule is COCCNC(=O)C(=O)N/N=C\c1cccc(Cl)c1Cl. The smallest absolute Gasteiger partial charge is 0.329 e. The third kappa shape index (κ3) is 5.16. The van der Waals surface area contributed by atoms with E-state index < -0.39 is 11.8 Å². The van der Waals surface area contributed by atoms with Gasteiger partial charge in [-0.15, -0.1) is 0 Å². The summed E-state index contributed by atoms with van der Waals surface area (Å²) < 4.78 is 4.73. The van der Waals surface area contributed by atoms with E-state index in [4.69, 9.17) is 27.9 Å². The molecule has 0 saturated carbocycles. The summed E-state index contributed by atoms with van der Waals surface area (Å²) in [5, 5.41) is 6.68. The van der Waals surface area contributed by atoms with Gasteiger partial charge in [0.2, 0.25) is 0 Å². The van der Waals surface area contributed by atoms with E-state index in [0.717, 1.165) is 0 Å². The van der Waals surface area contributed by atoms with Gasteiger partial charge in [-0.3, -0.25) is 9.59 Å². The number of methoxy groups -OCH3 is 1. The molecule has 2 N–H and O–H groups in total. The number of hydrazone groups is 1. The summed E-state index contributed by atoms with van der Waals surface area (Å²) >= 11 is 11.7. The summed E-state index contributed by atoms with van der Waals surface area (Å²) in [4.78, 5) is 22.6. The van der Waals surface area contributed by atoms with Gasteiger partial charge in [-0.1, -0.05) is 35.3 Å². The Labute approximate surface area is 126 Å². The molecule has 0 unspecified atom stereocenters. The summed E-state index contributed by atoms with van der Waals surface area (Å²) in [6.45, 7) is 0.562. The van der Waals surface area contributed by atoms with Gasteiger partial charge in [-0.25, -0.2) is 5.43 Å². The highest BCUT2D eigenvalue weighted by Crippen LogP contribution is 2.23. The zero-order valence-corrected chi connectivity index (χ0v) is 12.2. The normalized spacial score (nSPS) is 10.6. The standard InChI is InChI=1S/C12H13Cl2N3O3/c1-20-6-5-15-11(18)12(19)17-16-7-8-3-2-4-9(13)10(8)14/h2-4,7H,5-6H2,1H3,(H,15,18)(H,17,19)/b16-7-. The predicted molar refractivity (Wildman–Crippen MR) is 77.1 cm³/mol. The van der Waals surface area contributed by atoms with Gasteiger partial charge >= 0.3 is 11.8 Å². The number of rotatable bonds is 5. The van der Waals surface area contributed by atoms with Crippen LogP contribution in [-0.4, -0.2) is 38.3 Å². The number of nitrogens with zero attached hydrogens (tertiary/aromatic N) is 1. The Morgan fingerprint density at radius 2 is 2.10 bits per heavy atom. The zero-order valence-electron chi connectivity index (χ0n) is 10.7. The third-order valence-corrected chi connectivity index (χ3v) is 2.98. The van der Waals surface area contributed by atoms with Crippen LogP contribution in [0.15, 0.2) is 23.3 Å². The maximum atomic E-state index is 11.3. The molecule has 0 spiro atoms. The van der Waals surface area contributed by atoms with E-state index in [-0.39, 0.29) is 6.54 Å². The molecule has 20 heavy (non-hydrogen) atoms. The van der Waals surface area contributed by atoms with Crippen molar-refractivity contribution in [3.05, 3.63) is 33.8 Å². The number of carbonyl (C=O) groups is 2. The number of amides is 2. The molecule has 8 heteroatoms. The van der Waals surface area contributed by atoms with Crippen molar-refractivity contribution in [1.29, 1.82) is 0 Å². The largest absolute Gasteiger partial charge is 0.383 e. The van der Waals surface area contributed by atoms with Crippen molar-refractivity contribution in [1.82, 2.24) is 10.7 Å². The number of benzene rings is 1. The van der Waals surface area contributed by atoms with E-state index >= 15 is 0 Å². The highest BCUT2D eigenvalue weighted by molar-refractivity contribution is 6.43. The van der Waals surface area contributed by atoms with Gasteiger partial charge in [-0.05, 0) is 6.07 Å². The van der Waals surface area contributed by atoms with Crippen LogP contribution in [0.25, 0.3) is 0 Å². The maximum Gasteiger partial charge on any atom is 0.329 e. The lowest BCUT2D eigenvalue weighted by atomic mass is 10.2. The minimum Gasteiger partial charge on any atom is -0.383 e. The Hall–Kier alpha value is -1.63. The highest BCUT2D eigenvalue weighted by atomic mass is 35.5. The van der Waals surface area contributed by atoms with E-state index in [0.29, 0.717) is 22.2 Å². The number of carbonyl (C=O) groups excluding carboxylic acids is 2. The Balaban J connectivity index is 2.50. The second kappa shape index (κ2) is 8.52. The molecule has 0 bridgehead atoms. The van der Waals surface area contributed by atoms with Crippen molar-refractivity contribution < 1.29 is 14.3 Å². The van der Waals surface area contributed by atoms with Gasteiger partial charge in [0.1, 0.15) is 0 Å². The first-order valence-corrected chi connectivity index (χ1v) is 6.36. The minimum absolute atomic E-state index is 0.243. The van der Waals surface area contributed by atoms with Crippen LogP contribution in [-0.2, 0) is 14.3 Å². The molecule has 6 nitrogen and oxygen atoms in total. The third-order valence-electron chi connectivity index (χ3n) is 2.15. The molecular formula is C12H13Cl2N3O3. The molecule has 108 valence electrons. The Bertz CT molecular complexity index is 521. The zero-order chi connectivity index (χ0) is 15.0. The first kappa shape index (κ1) is 16.4. The van der Waals surface area contributed by atoms with E-state index in [1.165, 1.54) is 13.3 Å². The van der Waals surface area contributed by atoms with Crippen molar-refractivity contribution in [2.45, 2.75) is 0 Å². The number of hydrogen-bond acceptors (Lipinski definition) is 4. The lowest BCUT2D eigenvalue weighted by molar-refractivity contribution is -0.139. The fraction of sp³-hybridized carbons (Fsp3) is 0.250. The average Bonchev–Trinajstić information content (AvgIpc) is 2.43. The summed E-state index contributed by atoms with van der Waals surface area (Å²) in [6, 6.07) is 4.99. The fourth-order valence-electron chi connectivity index (χ4n) is 1.18. The summed E-state index contributed by atoms with van der Waals surface area (Å²) in [5.41, 5.74) is 2.61. The molecular weight excluding hydrogens is 305 g/mol. The van der Waals surface area contributed by atoms with Crippen LogP contribution in [0.4, 0.5) is 0 Å². The fourth-order valence-corrected chi connectivity index (χ4v) is 1.53. The predicted octanol–water partition coefficient (Wildman–Crippen LogP) is 1.21. The van der Waals surface area contributed by atoms with Gasteiger partial charge in [0, 0.05) is 19.2 Å². The molecule has 0 fully saturated rings. The van der Waals surface area contributed by atoms with Crippen LogP contribution < -0.4 is 10.7 Å². The summed E-state index contributed by atoms with van der Waals surface area (Å²) in [5.74, 6) is -1.67. The molecule has 0 atom stereocenters. The summed E-state index contributed by atoms with van der Waals surface area (Å²) in [6.07, 6.45) is 1.30. The van der Waals surface area contributed by atoms with Crippen LogP contribution >= 0.6 is 23.2 Å². The second-order valence-electron chi connectivity index (χ2n) is 3.59. The van der Waals surface area contributed by atoms with E-state index in [1.807, 2.05) is 0 Å². The van der Waals surface area contributed by atoms with Gasteiger partial charge in [0.25, 0.3) is 0 Å². The van der Waals surface area contributed by atoms with E-state index in [1.54, 1.807) is 18.2 Å². The molecule has 1 rings (SSSR count). The number of hydrogen-bond donors (Lipinski definition) is 2. The molecule has 0 aliphatic rings. The maximum absolute atomic E-state index is 11.3. The first-order valence-electron chi connectivity index (χ1n) is 5.60. The number of nitrogens with one attached hydrogen (secondary N) is 2. The topological polar surface area (TPSA) is 79.8 Å². The Morgan fingerprint density at radius 1 is 1.35 bits per heavy atom. The van der Waals surface area contributed by atoms with Crippen LogP contribution in [0.5, 0.6) is 0 Å². The lowest BCUT2D eigenvalue weighted by Crippen LogP contribution is -2.39. The van der Waals surface area contributed by atoms with Crippen molar-refractivity contribution >= 4 is 41.2 Å². The molecule has 0 aliphatic heterocycles. The monoisotopic (exact) mass is 317 g/mol. The average molecular weight is 318 g/mol. The summed E-state index contributed by atoms with van der Waals surface area (Å²) in [7, 11) is 1.49. The van der Waals surface area contributed by atoms with Gasteiger partial charge in [0.15, 0.2) is 0 Å². The Kier molecular flexibility index (Phi) is 7.00. The van der Waals surface area contributed by atoms with Crippen LogP contribution in [0, 0.1) is 0 Å². The van der Waals surface area contributed by atoms with Crippen molar-refractivity contribution in [3.63, 3.8) is 0 Å². The van der Waals surface area contributed by atoms with E-state index in [9.17, 15) is 9.59 Å². The quantitative estimate of drug-likeness (QED) is 0.371. The Morgan fingerprint density at radius 3 is 2.80 bits per heavy atom. The molecule has 0 heterocycles. The lowest BCUT2D eigenvalue weighted by Gasteiger charge is -2.03. The van der Waals surface area contributed by atoms with Crippen molar-refractivity contribution in [2.24, 2.45) is 5.10 Å². The van der Waals surface area contributed by atoms with Crippen LogP contribution in [0.3, 0.4) is 0 Å². The van der Waals surface area contributed by atoms with Crippen LogP contribution in [0.2, 0.25) is 10.0 Å². The molecule has 1 aromatic carbocycles. The van der Waals surface area contributed by atoms with Gasteiger partial charge in [-0.2, -0.15) is 5.10 Å². The van der Waals surface area contributed by atoms with E-state index in [2.05, 4.69) is 15.8 Å². The van der Waals surface area contributed by atoms with Gasteiger partial charge < -0.3 is 10.1 Å². The molecule has 0 aliphatic carbocycles. The van der Waals surface area contributed by atoms with Crippen LogP contribution in [0.1, 0.15) is 5.56 Å². The molecule has 0 radical (unpaired) electrons. The molecule has 1 aromatic rings. The van der Waals surface area contributed by atoms with Crippen molar-refractivity contribution in [2.75, 3.05) is 20.3 Å². The molecule has 0 saturated heterocycles. The number of ether oxygens (including phenoxy) is 1. The highest BCUT2D eigenvalue weighted by Gasteiger charge is 2.11. The van der Waals surface area contributed by atoms with Gasteiger partial charge in [0.05, 0.1) is 22.9 Å².